The third-order valence-corrected chi connectivity index (χ3v) is 4.86. The summed E-state index contributed by atoms with van der Waals surface area (Å²) in [5.74, 6) is 0. The Balaban J connectivity index is 2.25. The van der Waals surface area contributed by atoms with Crippen LogP contribution in [0.2, 0.25) is 10.0 Å². The van der Waals surface area contributed by atoms with Crippen molar-refractivity contribution in [3.8, 4) is 0 Å². The van der Waals surface area contributed by atoms with Gasteiger partial charge in [-0.25, -0.2) is 13.1 Å². The lowest BCUT2D eigenvalue weighted by Gasteiger charge is -2.10. The van der Waals surface area contributed by atoms with Crippen LogP contribution in [0.3, 0.4) is 0 Å². The molecule has 0 aliphatic carbocycles. The van der Waals surface area contributed by atoms with Crippen LogP contribution in [0.25, 0.3) is 0 Å². The van der Waals surface area contributed by atoms with Crippen molar-refractivity contribution in [1.29, 1.82) is 0 Å². The van der Waals surface area contributed by atoms with Gasteiger partial charge in [0.15, 0.2) is 0 Å². The number of rotatable bonds is 4. The molecule has 0 unspecified atom stereocenters. The van der Waals surface area contributed by atoms with Gasteiger partial charge in [-0.2, -0.15) is 0 Å². The van der Waals surface area contributed by atoms with Crippen molar-refractivity contribution in [2.75, 3.05) is 5.73 Å². The number of halogens is 2. The first-order valence-electron chi connectivity index (χ1n) is 5.54. The Morgan fingerprint density at radius 1 is 1.25 bits per heavy atom. The predicted octanol–water partition coefficient (Wildman–Crippen LogP) is 2.45. The lowest BCUT2D eigenvalue weighted by atomic mass is 10.3. The third kappa shape index (κ3) is 3.21. The minimum atomic E-state index is -3.78. The number of nitrogens with zero attached hydrogens (tertiary/aromatic N) is 1. The number of nitrogens with one attached hydrogen (secondary N) is 1. The Bertz CT molecular complexity index is 721. The van der Waals surface area contributed by atoms with E-state index >= 15 is 0 Å². The molecule has 1 heterocycles. The van der Waals surface area contributed by atoms with Crippen LogP contribution in [0.5, 0.6) is 0 Å². The van der Waals surface area contributed by atoms with E-state index in [1.165, 1.54) is 12.1 Å². The Morgan fingerprint density at radius 3 is 2.65 bits per heavy atom. The van der Waals surface area contributed by atoms with Crippen LogP contribution in [0.15, 0.2) is 41.6 Å². The van der Waals surface area contributed by atoms with Gasteiger partial charge in [0.2, 0.25) is 10.0 Å². The van der Waals surface area contributed by atoms with Gasteiger partial charge in [0.05, 0.1) is 15.7 Å². The lowest BCUT2D eigenvalue weighted by molar-refractivity contribution is 0.581. The number of hydrogen-bond donors (Lipinski definition) is 2. The summed E-state index contributed by atoms with van der Waals surface area (Å²) in [7, 11) is -3.78. The van der Waals surface area contributed by atoms with Gasteiger partial charge in [-0.1, -0.05) is 29.3 Å². The number of nitrogen functional groups attached to an aromatic ring is 1. The van der Waals surface area contributed by atoms with E-state index in [2.05, 4.69) is 9.71 Å². The SMILES string of the molecule is Nc1c(Cl)ccc(S(=O)(=O)NCc2cccnc2)c1Cl. The standard InChI is InChI=1S/C12H11Cl2N3O2S/c13-9-3-4-10(11(14)12(9)15)20(18,19)17-7-8-2-1-5-16-6-8/h1-6,17H,7,15H2. The predicted molar refractivity (Wildman–Crippen MR) is 79.1 cm³/mol. The smallest absolute Gasteiger partial charge is 0.242 e. The average molecular weight is 332 g/mol. The molecule has 5 nitrogen and oxygen atoms in total. The zero-order valence-electron chi connectivity index (χ0n) is 10.2. The molecule has 0 radical (unpaired) electrons. The lowest BCUT2D eigenvalue weighted by Crippen LogP contribution is -2.23. The van der Waals surface area contributed by atoms with Gasteiger partial charge in [-0.3, -0.25) is 4.98 Å². The number of hydrogen-bond acceptors (Lipinski definition) is 4. The molecule has 0 saturated carbocycles. The molecule has 0 aliphatic heterocycles. The zero-order valence-corrected chi connectivity index (χ0v) is 12.5. The highest BCUT2D eigenvalue weighted by Gasteiger charge is 2.20. The molecule has 106 valence electrons. The summed E-state index contributed by atoms with van der Waals surface area (Å²) in [5.41, 5.74) is 6.39. The molecule has 0 atom stereocenters. The Hall–Kier alpha value is -1.34. The Labute approximate surface area is 126 Å². The minimum absolute atomic E-state index is 0.0394. The van der Waals surface area contributed by atoms with Gasteiger partial charge in [0, 0.05) is 18.9 Å². The van der Waals surface area contributed by atoms with Crippen LogP contribution in [-0.2, 0) is 16.6 Å². The van der Waals surface area contributed by atoms with E-state index in [4.69, 9.17) is 28.9 Å². The highest BCUT2D eigenvalue weighted by molar-refractivity contribution is 7.89. The summed E-state index contributed by atoms with van der Waals surface area (Å²) in [6.07, 6.45) is 3.18. The van der Waals surface area contributed by atoms with Crippen molar-refractivity contribution >= 4 is 38.9 Å². The molecule has 20 heavy (non-hydrogen) atoms. The number of pyridine rings is 1. The largest absolute Gasteiger partial charge is 0.396 e. The number of anilines is 1. The van der Waals surface area contributed by atoms with Gasteiger partial charge < -0.3 is 5.73 Å². The van der Waals surface area contributed by atoms with Crippen molar-refractivity contribution in [3.05, 3.63) is 52.3 Å². The van der Waals surface area contributed by atoms with Crippen molar-refractivity contribution in [2.24, 2.45) is 0 Å². The monoisotopic (exact) mass is 331 g/mol. The summed E-state index contributed by atoms with van der Waals surface area (Å²) < 4.78 is 26.8. The molecule has 0 aliphatic rings. The van der Waals surface area contributed by atoms with Gasteiger partial charge in [-0.05, 0) is 23.8 Å². The molecule has 0 saturated heterocycles. The summed E-state index contributed by atoms with van der Waals surface area (Å²) in [4.78, 5) is 3.80. The number of aromatic nitrogens is 1. The van der Waals surface area contributed by atoms with Crippen LogP contribution in [0.4, 0.5) is 5.69 Å². The first-order valence-corrected chi connectivity index (χ1v) is 7.78. The minimum Gasteiger partial charge on any atom is -0.396 e. The molecule has 8 heteroatoms. The number of sulfonamides is 1. The fourth-order valence-electron chi connectivity index (χ4n) is 1.52. The summed E-state index contributed by atoms with van der Waals surface area (Å²) in [5, 5.41) is 0.123. The number of nitrogens with two attached hydrogens (primary N) is 1. The van der Waals surface area contributed by atoms with Gasteiger partial charge in [0.25, 0.3) is 0 Å². The van der Waals surface area contributed by atoms with Gasteiger partial charge in [0.1, 0.15) is 4.90 Å². The summed E-state index contributed by atoms with van der Waals surface area (Å²) in [6, 6.07) is 6.18. The normalized spacial score (nSPS) is 11.5. The molecule has 0 fully saturated rings. The van der Waals surface area contributed by atoms with Crippen molar-refractivity contribution < 1.29 is 8.42 Å². The van der Waals surface area contributed by atoms with Crippen molar-refractivity contribution in [3.63, 3.8) is 0 Å². The topological polar surface area (TPSA) is 85.1 Å². The van der Waals surface area contributed by atoms with E-state index in [0.29, 0.717) is 0 Å². The zero-order chi connectivity index (χ0) is 14.8. The maximum atomic E-state index is 12.2. The van der Waals surface area contributed by atoms with E-state index in [1.54, 1.807) is 24.5 Å². The van der Waals surface area contributed by atoms with E-state index in [-0.39, 0.29) is 27.2 Å². The van der Waals surface area contributed by atoms with Gasteiger partial charge >= 0.3 is 0 Å². The first-order chi connectivity index (χ1) is 9.42. The maximum absolute atomic E-state index is 12.2. The maximum Gasteiger partial charge on any atom is 0.242 e. The van der Waals surface area contributed by atoms with Crippen LogP contribution in [0, 0.1) is 0 Å². The molecule has 3 N–H and O–H groups in total. The molecule has 1 aromatic heterocycles. The molecular formula is C12H11Cl2N3O2S. The van der Waals surface area contributed by atoms with E-state index < -0.39 is 10.0 Å². The second-order valence-corrected chi connectivity index (χ2v) is 6.48. The first kappa shape index (κ1) is 15.1. The second-order valence-electron chi connectivity index (χ2n) is 3.96. The van der Waals surface area contributed by atoms with Crippen molar-refractivity contribution in [2.45, 2.75) is 11.4 Å². The van der Waals surface area contributed by atoms with Crippen LogP contribution < -0.4 is 10.5 Å². The quantitative estimate of drug-likeness (QED) is 0.842. The van der Waals surface area contributed by atoms with E-state index in [1.807, 2.05) is 0 Å². The Morgan fingerprint density at radius 2 is 2.00 bits per heavy atom. The van der Waals surface area contributed by atoms with Crippen LogP contribution >= 0.6 is 23.2 Å². The average Bonchev–Trinajstić information content (AvgIpc) is 2.44. The highest BCUT2D eigenvalue weighted by Crippen LogP contribution is 2.32. The fraction of sp³-hybridized carbons (Fsp3) is 0.0833. The summed E-state index contributed by atoms with van der Waals surface area (Å²) in [6.45, 7) is 0.106. The van der Waals surface area contributed by atoms with Crippen LogP contribution in [0.1, 0.15) is 5.56 Å². The molecule has 1 aromatic carbocycles. The van der Waals surface area contributed by atoms with E-state index in [9.17, 15) is 8.42 Å². The molecule has 2 rings (SSSR count). The fourth-order valence-corrected chi connectivity index (χ4v) is 3.30. The molecule has 2 aromatic rings. The molecular weight excluding hydrogens is 321 g/mol. The number of benzene rings is 1. The third-order valence-electron chi connectivity index (χ3n) is 2.57. The Kier molecular flexibility index (Phi) is 4.49. The van der Waals surface area contributed by atoms with E-state index in [0.717, 1.165) is 5.56 Å². The highest BCUT2D eigenvalue weighted by atomic mass is 35.5. The molecule has 0 spiro atoms. The van der Waals surface area contributed by atoms with Gasteiger partial charge in [-0.15, -0.1) is 0 Å². The molecule has 0 bridgehead atoms. The summed E-state index contributed by atoms with van der Waals surface area (Å²) >= 11 is 11.7. The van der Waals surface area contributed by atoms with Crippen molar-refractivity contribution in [1.82, 2.24) is 9.71 Å². The van der Waals surface area contributed by atoms with Crippen LogP contribution in [-0.4, -0.2) is 13.4 Å². The molecule has 0 amide bonds. The second kappa shape index (κ2) is 5.97.